The molecule has 2 aromatic rings. The van der Waals surface area contributed by atoms with E-state index in [0.717, 1.165) is 16.6 Å². The molecule has 92 valence electrons. The third-order valence-electron chi connectivity index (χ3n) is 2.29. The third kappa shape index (κ3) is 2.86. The van der Waals surface area contributed by atoms with Crippen molar-refractivity contribution in [2.45, 2.75) is 6.42 Å². The molecule has 0 saturated carbocycles. The normalized spacial score (nSPS) is 10.9. The number of nitrogens with one attached hydrogen (secondary N) is 1. The van der Waals surface area contributed by atoms with Gasteiger partial charge in [-0.25, -0.2) is 5.43 Å². The number of carbonyl (C=O) groups is 1. The zero-order valence-electron chi connectivity index (χ0n) is 9.71. The maximum Gasteiger partial charge on any atom is 0.241 e. The molecule has 6 heteroatoms. The minimum atomic E-state index is -0.208. The Hall–Kier alpha value is -2.34. The molecule has 0 aliphatic rings. The summed E-state index contributed by atoms with van der Waals surface area (Å²) < 4.78 is 0. The lowest BCUT2D eigenvalue weighted by Gasteiger charge is -2.00. The molecule has 0 radical (unpaired) electrons. The summed E-state index contributed by atoms with van der Waals surface area (Å²) in [6.45, 7) is 0.307. The number of rotatable bonds is 4. The molecule has 0 unspecified atom stereocenters. The zero-order valence-corrected chi connectivity index (χ0v) is 9.71. The number of para-hydroxylation sites is 1. The molecule has 1 aromatic carbocycles. The second kappa shape index (κ2) is 5.83. The van der Waals surface area contributed by atoms with Gasteiger partial charge in [0.05, 0.1) is 17.2 Å². The Morgan fingerprint density at radius 3 is 3.06 bits per heavy atom. The van der Waals surface area contributed by atoms with Crippen LogP contribution in [0.4, 0.5) is 0 Å². The maximum atomic E-state index is 11.2. The van der Waals surface area contributed by atoms with Gasteiger partial charge in [0.15, 0.2) is 0 Å². The molecule has 0 atom stereocenters. The number of hydrazone groups is 1. The van der Waals surface area contributed by atoms with Crippen LogP contribution in [0, 0.1) is 0 Å². The summed E-state index contributed by atoms with van der Waals surface area (Å²) in [6.07, 6.45) is 5.05. The summed E-state index contributed by atoms with van der Waals surface area (Å²) in [5.41, 5.74) is 9.99. The van der Waals surface area contributed by atoms with Crippen molar-refractivity contribution < 1.29 is 4.79 Å². The van der Waals surface area contributed by atoms with Crippen molar-refractivity contribution >= 4 is 23.2 Å². The molecule has 0 bridgehead atoms. The molecule has 0 fully saturated rings. The van der Waals surface area contributed by atoms with Gasteiger partial charge in [-0.2, -0.15) is 5.10 Å². The standard InChI is InChI=1S/C12H13N5O/c13-5-4-11(18)17-16-8-9-2-1-3-10-12(9)15-7-6-14-10/h1-3,6-8H,4-5,13H2,(H,17,18). The average molecular weight is 243 g/mol. The van der Waals surface area contributed by atoms with Crippen molar-refractivity contribution in [1.82, 2.24) is 15.4 Å². The van der Waals surface area contributed by atoms with Crippen molar-refractivity contribution in [1.29, 1.82) is 0 Å². The van der Waals surface area contributed by atoms with Crippen molar-refractivity contribution in [3.8, 4) is 0 Å². The highest BCUT2D eigenvalue weighted by Gasteiger charge is 2.00. The fourth-order valence-corrected chi connectivity index (χ4v) is 1.48. The van der Waals surface area contributed by atoms with E-state index in [-0.39, 0.29) is 12.3 Å². The Morgan fingerprint density at radius 2 is 2.22 bits per heavy atom. The van der Waals surface area contributed by atoms with Crippen LogP contribution in [0.25, 0.3) is 11.0 Å². The fraction of sp³-hybridized carbons (Fsp3) is 0.167. The molecule has 1 amide bonds. The van der Waals surface area contributed by atoms with E-state index in [1.165, 1.54) is 0 Å². The highest BCUT2D eigenvalue weighted by Crippen LogP contribution is 2.11. The third-order valence-corrected chi connectivity index (χ3v) is 2.29. The minimum Gasteiger partial charge on any atom is -0.330 e. The van der Waals surface area contributed by atoms with E-state index in [1.807, 2.05) is 18.2 Å². The van der Waals surface area contributed by atoms with Gasteiger partial charge in [-0.05, 0) is 6.07 Å². The number of nitrogens with two attached hydrogens (primary N) is 1. The number of amides is 1. The smallest absolute Gasteiger partial charge is 0.241 e. The highest BCUT2D eigenvalue weighted by atomic mass is 16.2. The Kier molecular flexibility index (Phi) is 3.93. The summed E-state index contributed by atoms with van der Waals surface area (Å²) in [7, 11) is 0. The molecule has 0 aliphatic carbocycles. The van der Waals surface area contributed by atoms with E-state index in [9.17, 15) is 4.79 Å². The molecule has 1 heterocycles. The van der Waals surface area contributed by atoms with Gasteiger partial charge < -0.3 is 5.73 Å². The number of aromatic nitrogens is 2. The van der Waals surface area contributed by atoms with Crippen LogP contribution >= 0.6 is 0 Å². The summed E-state index contributed by atoms with van der Waals surface area (Å²) in [6, 6.07) is 5.59. The van der Waals surface area contributed by atoms with Crippen LogP contribution in [-0.2, 0) is 4.79 Å². The SMILES string of the molecule is NCCC(=O)NN=Cc1cccc2nccnc12. The van der Waals surface area contributed by atoms with Gasteiger partial charge in [0.2, 0.25) is 5.91 Å². The van der Waals surface area contributed by atoms with Crippen LogP contribution in [0.3, 0.4) is 0 Å². The van der Waals surface area contributed by atoms with Gasteiger partial charge in [0, 0.05) is 30.9 Å². The van der Waals surface area contributed by atoms with E-state index < -0.39 is 0 Å². The van der Waals surface area contributed by atoms with Crippen molar-refractivity contribution in [3.63, 3.8) is 0 Å². The van der Waals surface area contributed by atoms with E-state index in [4.69, 9.17) is 5.73 Å². The first kappa shape index (κ1) is 12.1. The largest absolute Gasteiger partial charge is 0.330 e. The van der Waals surface area contributed by atoms with Gasteiger partial charge >= 0.3 is 0 Å². The van der Waals surface area contributed by atoms with E-state index >= 15 is 0 Å². The molecule has 6 nitrogen and oxygen atoms in total. The first-order valence-corrected chi connectivity index (χ1v) is 5.53. The monoisotopic (exact) mass is 243 g/mol. The molecule has 1 aromatic heterocycles. The zero-order chi connectivity index (χ0) is 12.8. The molecular weight excluding hydrogens is 230 g/mol. The Balaban J connectivity index is 2.16. The van der Waals surface area contributed by atoms with Crippen molar-refractivity contribution in [2.75, 3.05) is 6.54 Å². The lowest BCUT2D eigenvalue weighted by molar-refractivity contribution is -0.120. The van der Waals surface area contributed by atoms with E-state index in [2.05, 4.69) is 20.5 Å². The van der Waals surface area contributed by atoms with Crippen molar-refractivity contribution in [3.05, 3.63) is 36.2 Å². The van der Waals surface area contributed by atoms with Crippen molar-refractivity contribution in [2.24, 2.45) is 10.8 Å². The fourth-order valence-electron chi connectivity index (χ4n) is 1.48. The second-order valence-corrected chi connectivity index (χ2v) is 3.60. The van der Waals surface area contributed by atoms with Crippen LogP contribution in [0.1, 0.15) is 12.0 Å². The Bertz CT molecular complexity index is 576. The van der Waals surface area contributed by atoms with Crippen LogP contribution in [0.15, 0.2) is 35.7 Å². The Labute approximate surface area is 104 Å². The lowest BCUT2D eigenvalue weighted by atomic mass is 10.2. The lowest BCUT2D eigenvalue weighted by Crippen LogP contribution is -2.20. The molecule has 3 N–H and O–H groups in total. The van der Waals surface area contributed by atoms with Gasteiger partial charge in [0.25, 0.3) is 0 Å². The molecule has 0 aliphatic heterocycles. The first-order chi connectivity index (χ1) is 8.81. The maximum absolute atomic E-state index is 11.2. The number of benzene rings is 1. The molecule has 0 saturated heterocycles. The number of nitrogens with zero attached hydrogens (tertiary/aromatic N) is 3. The van der Waals surface area contributed by atoms with E-state index in [1.54, 1.807) is 18.6 Å². The van der Waals surface area contributed by atoms with E-state index in [0.29, 0.717) is 6.54 Å². The molecule has 18 heavy (non-hydrogen) atoms. The van der Waals surface area contributed by atoms with Gasteiger partial charge in [0.1, 0.15) is 0 Å². The van der Waals surface area contributed by atoms with Gasteiger partial charge in [-0.1, -0.05) is 12.1 Å². The number of hydrogen-bond acceptors (Lipinski definition) is 5. The molecule has 2 rings (SSSR count). The number of fused-ring (bicyclic) bond motifs is 1. The summed E-state index contributed by atoms with van der Waals surface area (Å²) in [5.74, 6) is -0.208. The number of carbonyl (C=O) groups excluding carboxylic acids is 1. The van der Waals surface area contributed by atoms with Crippen LogP contribution in [0.2, 0.25) is 0 Å². The predicted molar refractivity (Wildman–Crippen MR) is 68.9 cm³/mol. The summed E-state index contributed by atoms with van der Waals surface area (Å²) >= 11 is 0. The predicted octanol–water partition coefficient (Wildman–Crippen LogP) is 0.429. The quantitative estimate of drug-likeness (QED) is 0.601. The number of hydrogen-bond donors (Lipinski definition) is 2. The minimum absolute atomic E-state index is 0.208. The summed E-state index contributed by atoms with van der Waals surface area (Å²) in [5, 5.41) is 3.86. The average Bonchev–Trinajstić information content (AvgIpc) is 2.39. The van der Waals surface area contributed by atoms with Crippen LogP contribution in [-0.4, -0.2) is 28.6 Å². The van der Waals surface area contributed by atoms with Gasteiger partial charge in [-0.3, -0.25) is 14.8 Å². The summed E-state index contributed by atoms with van der Waals surface area (Å²) in [4.78, 5) is 19.6. The first-order valence-electron chi connectivity index (χ1n) is 5.53. The van der Waals surface area contributed by atoms with Crippen LogP contribution in [0.5, 0.6) is 0 Å². The highest BCUT2D eigenvalue weighted by molar-refractivity contribution is 5.96. The molecular formula is C12H13N5O. The Morgan fingerprint density at radius 1 is 1.39 bits per heavy atom. The molecule has 0 spiro atoms. The second-order valence-electron chi connectivity index (χ2n) is 3.60. The van der Waals surface area contributed by atoms with Crippen LogP contribution < -0.4 is 11.2 Å². The van der Waals surface area contributed by atoms with Gasteiger partial charge in [-0.15, -0.1) is 0 Å². The topological polar surface area (TPSA) is 93.3 Å².